The molecule has 1 atom stereocenters. The fourth-order valence-electron chi connectivity index (χ4n) is 1.81. The molecule has 5 nitrogen and oxygen atoms in total. The Bertz CT molecular complexity index is 614. The average Bonchev–Trinajstić information content (AvgIpc) is 2.94. The molecule has 0 bridgehead atoms. The molecular formula is C14H14FN3O2S. The zero-order valence-electron chi connectivity index (χ0n) is 11.0. The quantitative estimate of drug-likeness (QED) is 0.793. The van der Waals surface area contributed by atoms with Crippen molar-refractivity contribution in [3.8, 4) is 0 Å². The van der Waals surface area contributed by atoms with Crippen LogP contribution in [0, 0.1) is 5.82 Å². The van der Waals surface area contributed by atoms with Gasteiger partial charge in [0.2, 0.25) is 5.91 Å². The van der Waals surface area contributed by atoms with Crippen LogP contribution in [0.15, 0.2) is 41.8 Å². The molecule has 21 heavy (non-hydrogen) atoms. The minimum absolute atomic E-state index is 0.0425. The fraction of sp³-hybridized carbons (Fsp3) is 0.143. The normalized spacial score (nSPS) is 11.7. The van der Waals surface area contributed by atoms with Crippen molar-refractivity contribution >= 4 is 29.0 Å². The molecule has 2 aromatic rings. The standard InChI is InChI=1S/C14H14FN3O2S/c15-9-3-5-10(6-4-9)17-13(19)8-11(18-14(16)20)12-2-1-7-21-12/h1-7,11H,8H2,(H,17,19)(H3,16,18,20). The Morgan fingerprint density at radius 2 is 1.95 bits per heavy atom. The first-order valence-electron chi connectivity index (χ1n) is 6.19. The average molecular weight is 307 g/mol. The van der Waals surface area contributed by atoms with Gasteiger partial charge < -0.3 is 16.4 Å². The van der Waals surface area contributed by atoms with Crippen LogP contribution in [0.4, 0.5) is 14.9 Å². The van der Waals surface area contributed by atoms with Gasteiger partial charge in [-0.15, -0.1) is 11.3 Å². The molecule has 1 aromatic carbocycles. The first-order chi connectivity index (χ1) is 10.0. The van der Waals surface area contributed by atoms with E-state index in [9.17, 15) is 14.0 Å². The van der Waals surface area contributed by atoms with Crippen LogP contribution in [-0.4, -0.2) is 11.9 Å². The Kier molecular flexibility index (Phi) is 4.89. The molecule has 0 fully saturated rings. The highest BCUT2D eigenvalue weighted by atomic mass is 32.1. The van der Waals surface area contributed by atoms with Crippen LogP contribution in [0.5, 0.6) is 0 Å². The number of thiophene rings is 1. The maximum atomic E-state index is 12.8. The van der Waals surface area contributed by atoms with Gasteiger partial charge in [-0.05, 0) is 35.7 Å². The molecule has 3 amide bonds. The lowest BCUT2D eigenvalue weighted by Crippen LogP contribution is -2.34. The number of nitrogens with two attached hydrogens (primary N) is 1. The third-order valence-corrected chi connectivity index (χ3v) is 3.71. The van der Waals surface area contributed by atoms with Crippen molar-refractivity contribution in [2.24, 2.45) is 5.73 Å². The molecule has 0 saturated carbocycles. The van der Waals surface area contributed by atoms with E-state index < -0.39 is 12.1 Å². The summed E-state index contributed by atoms with van der Waals surface area (Å²) in [5.74, 6) is -0.673. The van der Waals surface area contributed by atoms with Crippen LogP contribution >= 0.6 is 11.3 Å². The van der Waals surface area contributed by atoms with Gasteiger partial charge in [0.05, 0.1) is 12.5 Å². The van der Waals surface area contributed by atoms with Crippen molar-refractivity contribution in [3.05, 3.63) is 52.5 Å². The number of carbonyl (C=O) groups is 2. The van der Waals surface area contributed by atoms with E-state index in [1.54, 1.807) is 0 Å². The Morgan fingerprint density at radius 1 is 1.24 bits per heavy atom. The Hall–Kier alpha value is -2.41. The van der Waals surface area contributed by atoms with E-state index in [-0.39, 0.29) is 18.1 Å². The fourth-order valence-corrected chi connectivity index (χ4v) is 2.59. The number of amides is 3. The van der Waals surface area contributed by atoms with Gasteiger partial charge in [0.25, 0.3) is 0 Å². The topological polar surface area (TPSA) is 84.2 Å². The van der Waals surface area contributed by atoms with Crippen molar-refractivity contribution in [3.63, 3.8) is 0 Å². The second-order valence-electron chi connectivity index (χ2n) is 4.34. The molecule has 7 heteroatoms. The molecule has 1 unspecified atom stereocenters. The lowest BCUT2D eigenvalue weighted by Gasteiger charge is -2.15. The highest BCUT2D eigenvalue weighted by molar-refractivity contribution is 7.10. The summed E-state index contributed by atoms with van der Waals surface area (Å²) in [6.07, 6.45) is 0.0425. The summed E-state index contributed by atoms with van der Waals surface area (Å²) >= 11 is 1.42. The monoisotopic (exact) mass is 307 g/mol. The lowest BCUT2D eigenvalue weighted by atomic mass is 10.1. The Morgan fingerprint density at radius 3 is 2.52 bits per heavy atom. The smallest absolute Gasteiger partial charge is 0.312 e. The van der Waals surface area contributed by atoms with Crippen molar-refractivity contribution < 1.29 is 14.0 Å². The number of hydrogen-bond donors (Lipinski definition) is 3. The highest BCUT2D eigenvalue weighted by Gasteiger charge is 2.18. The van der Waals surface area contributed by atoms with Crippen molar-refractivity contribution in [1.29, 1.82) is 0 Å². The summed E-state index contributed by atoms with van der Waals surface area (Å²) in [7, 11) is 0. The van der Waals surface area contributed by atoms with Gasteiger partial charge >= 0.3 is 6.03 Å². The molecular weight excluding hydrogens is 293 g/mol. The van der Waals surface area contributed by atoms with Gasteiger partial charge in [-0.25, -0.2) is 9.18 Å². The van der Waals surface area contributed by atoms with E-state index >= 15 is 0 Å². The molecule has 0 radical (unpaired) electrons. The summed E-state index contributed by atoms with van der Waals surface area (Å²) in [5, 5.41) is 7.03. The zero-order chi connectivity index (χ0) is 15.2. The van der Waals surface area contributed by atoms with Crippen LogP contribution in [0.3, 0.4) is 0 Å². The SMILES string of the molecule is NC(=O)NC(CC(=O)Nc1ccc(F)cc1)c1cccs1. The van der Waals surface area contributed by atoms with Gasteiger partial charge in [-0.2, -0.15) is 0 Å². The predicted molar refractivity (Wildman–Crippen MR) is 79.4 cm³/mol. The second-order valence-corrected chi connectivity index (χ2v) is 5.32. The minimum Gasteiger partial charge on any atom is -0.352 e. The molecule has 1 heterocycles. The summed E-state index contributed by atoms with van der Waals surface area (Å²) in [5.41, 5.74) is 5.62. The predicted octanol–water partition coefficient (Wildman–Crippen LogP) is 2.63. The van der Waals surface area contributed by atoms with E-state index in [2.05, 4.69) is 10.6 Å². The van der Waals surface area contributed by atoms with Crippen molar-refractivity contribution in [1.82, 2.24) is 5.32 Å². The third kappa shape index (κ3) is 4.57. The molecule has 1 aromatic heterocycles. The molecule has 0 aliphatic rings. The van der Waals surface area contributed by atoms with Crippen LogP contribution in [-0.2, 0) is 4.79 Å². The van der Waals surface area contributed by atoms with Crippen molar-refractivity contribution in [2.45, 2.75) is 12.5 Å². The summed E-state index contributed by atoms with van der Waals surface area (Å²) in [4.78, 5) is 23.9. The third-order valence-electron chi connectivity index (χ3n) is 2.72. The van der Waals surface area contributed by atoms with Gasteiger partial charge in [0, 0.05) is 10.6 Å². The van der Waals surface area contributed by atoms with Gasteiger partial charge in [-0.1, -0.05) is 6.07 Å². The number of nitrogens with one attached hydrogen (secondary N) is 2. The van der Waals surface area contributed by atoms with E-state index in [0.29, 0.717) is 5.69 Å². The summed E-state index contributed by atoms with van der Waals surface area (Å²) in [6, 6.07) is 7.92. The summed E-state index contributed by atoms with van der Waals surface area (Å²) < 4.78 is 12.8. The molecule has 4 N–H and O–H groups in total. The number of rotatable bonds is 5. The number of primary amides is 1. The number of hydrogen-bond acceptors (Lipinski definition) is 3. The molecule has 0 spiro atoms. The molecule has 0 aliphatic carbocycles. The number of benzene rings is 1. The maximum Gasteiger partial charge on any atom is 0.312 e. The summed E-state index contributed by atoms with van der Waals surface area (Å²) in [6.45, 7) is 0. The minimum atomic E-state index is -0.692. The second kappa shape index (κ2) is 6.85. The first-order valence-corrected chi connectivity index (χ1v) is 7.07. The van der Waals surface area contributed by atoms with Gasteiger partial charge in [0.15, 0.2) is 0 Å². The van der Waals surface area contributed by atoms with Gasteiger partial charge in [0.1, 0.15) is 5.82 Å². The van der Waals surface area contributed by atoms with Crippen LogP contribution in [0.2, 0.25) is 0 Å². The Labute approximate surface area is 125 Å². The van der Waals surface area contributed by atoms with Crippen LogP contribution in [0.1, 0.15) is 17.3 Å². The van der Waals surface area contributed by atoms with E-state index in [1.807, 2.05) is 17.5 Å². The van der Waals surface area contributed by atoms with Crippen LogP contribution < -0.4 is 16.4 Å². The largest absolute Gasteiger partial charge is 0.352 e. The lowest BCUT2D eigenvalue weighted by molar-refractivity contribution is -0.116. The number of carbonyl (C=O) groups excluding carboxylic acids is 2. The number of urea groups is 1. The van der Waals surface area contributed by atoms with Crippen LogP contribution in [0.25, 0.3) is 0 Å². The van der Waals surface area contributed by atoms with E-state index in [0.717, 1.165) is 4.88 Å². The zero-order valence-corrected chi connectivity index (χ0v) is 11.8. The Balaban J connectivity index is 2.01. The van der Waals surface area contributed by atoms with E-state index in [4.69, 9.17) is 5.73 Å². The molecule has 2 rings (SSSR count). The molecule has 0 saturated heterocycles. The first kappa shape index (κ1) is 15.0. The highest BCUT2D eigenvalue weighted by Crippen LogP contribution is 2.22. The maximum absolute atomic E-state index is 12.8. The number of anilines is 1. The number of halogens is 1. The van der Waals surface area contributed by atoms with Crippen molar-refractivity contribution in [2.75, 3.05) is 5.32 Å². The molecule has 110 valence electrons. The van der Waals surface area contributed by atoms with E-state index in [1.165, 1.54) is 35.6 Å². The van der Waals surface area contributed by atoms with Gasteiger partial charge in [-0.3, -0.25) is 4.79 Å². The molecule has 0 aliphatic heterocycles.